The molecule has 0 heterocycles. The number of allylic oxidation sites excluding steroid dienone is 1. The molecule has 6 heteroatoms. The van der Waals surface area contributed by atoms with Crippen molar-refractivity contribution in [3.8, 4) is 0 Å². The lowest BCUT2D eigenvalue weighted by molar-refractivity contribution is 0.175. The summed E-state index contributed by atoms with van der Waals surface area (Å²) in [5.74, 6) is 0. The highest BCUT2D eigenvalue weighted by atomic mass is 32.2. The molecule has 0 amide bonds. The van der Waals surface area contributed by atoms with Crippen molar-refractivity contribution in [3.05, 3.63) is 12.3 Å². The molecular weight excluding hydrogens is 184 g/mol. The number of carbonyl (C=O) groups excluding carboxylic acids is 1. The molecule has 0 aliphatic heterocycles. The van der Waals surface area contributed by atoms with Gasteiger partial charge in [-0.3, -0.25) is 0 Å². The maximum atomic E-state index is 10.7. The Hall–Kier alpha value is -1.04. The predicted molar refractivity (Wildman–Crippen MR) is 41.8 cm³/mol. The Bertz CT molecular complexity index is 264. The Morgan fingerprint density at radius 3 is 2.50 bits per heavy atom. The highest BCUT2D eigenvalue weighted by Gasteiger charge is 2.24. The molecule has 0 N–H and O–H groups in total. The standard InChI is InChI=1S/C6H10O5S/c1-3-5-11-12(8,9)6(7)10-4-2/h3,5H,4H2,1-2H3. The molecule has 0 aromatic rings. The van der Waals surface area contributed by atoms with E-state index in [1.54, 1.807) is 6.92 Å². The van der Waals surface area contributed by atoms with Crippen molar-refractivity contribution < 1.29 is 22.1 Å². The molecule has 0 spiro atoms. The first-order chi connectivity index (χ1) is 5.54. The second-order valence-corrected chi connectivity index (χ2v) is 3.14. The molecule has 0 aliphatic carbocycles. The van der Waals surface area contributed by atoms with Gasteiger partial charge in [-0.1, -0.05) is 6.08 Å². The zero-order chi connectivity index (χ0) is 9.61. The van der Waals surface area contributed by atoms with Crippen LogP contribution in [0.5, 0.6) is 0 Å². The Morgan fingerprint density at radius 1 is 1.50 bits per heavy atom. The molecule has 12 heavy (non-hydrogen) atoms. The van der Waals surface area contributed by atoms with Gasteiger partial charge in [-0.25, -0.2) is 4.79 Å². The molecule has 70 valence electrons. The topological polar surface area (TPSA) is 69.7 Å². The number of ether oxygens (including phenoxy) is 1. The third-order valence-corrected chi connectivity index (χ3v) is 1.68. The van der Waals surface area contributed by atoms with Gasteiger partial charge in [-0.2, -0.15) is 8.42 Å². The summed E-state index contributed by atoms with van der Waals surface area (Å²) < 4.78 is 29.8. The summed E-state index contributed by atoms with van der Waals surface area (Å²) in [6.45, 7) is 3.06. The highest BCUT2D eigenvalue weighted by molar-refractivity contribution is 8.01. The van der Waals surface area contributed by atoms with Crippen LogP contribution in [0.15, 0.2) is 12.3 Å². The molecule has 0 atom stereocenters. The fourth-order valence-corrected chi connectivity index (χ4v) is 0.956. The fourth-order valence-electron chi connectivity index (χ4n) is 0.358. The summed E-state index contributed by atoms with van der Waals surface area (Å²) in [5, 5.41) is -1.37. The Balaban J connectivity index is 4.31. The average molecular weight is 194 g/mol. The lowest BCUT2D eigenvalue weighted by Crippen LogP contribution is -2.16. The van der Waals surface area contributed by atoms with Crippen molar-refractivity contribution in [3.63, 3.8) is 0 Å². The molecule has 0 saturated heterocycles. The van der Waals surface area contributed by atoms with Crippen LogP contribution in [0.1, 0.15) is 13.8 Å². The first-order valence-corrected chi connectivity index (χ1v) is 4.66. The average Bonchev–Trinajstić information content (AvgIpc) is 2.01. The van der Waals surface area contributed by atoms with E-state index >= 15 is 0 Å². The van der Waals surface area contributed by atoms with Crippen LogP contribution in [0, 0.1) is 0 Å². The molecule has 0 bridgehead atoms. The molecule has 0 aromatic carbocycles. The van der Waals surface area contributed by atoms with Crippen molar-refractivity contribution in [2.75, 3.05) is 6.61 Å². The van der Waals surface area contributed by atoms with Crippen LogP contribution in [0.3, 0.4) is 0 Å². The van der Waals surface area contributed by atoms with Crippen molar-refractivity contribution in [2.45, 2.75) is 13.8 Å². The van der Waals surface area contributed by atoms with Gasteiger partial charge in [0.2, 0.25) is 0 Å². The first kappa shape index (κ1) is 11.0. The van der Waals surface area contributed by atoms with E-state index in [1.807, 2.05) is 0 Å². The van der Waals surface area contributed by atoms with E-state index in [9.17, 15) is 13.2 Å². The van der Waals surface area contributed by atoms with Crippen LogP contribution in [0.25, 0.3) is 0 Å². The van der Waals surface area contributed by atoms with Crippen LogP contribution >= 0.6 is 0 Å². The predicted octanol–water partition coefficient (Wildman–Crippen LogP) is 1.02. The van der Waals surface area contributed by atoms with Gasteiger partial charge in [-0.05, 0) is 13.8 Å². The van der Waals surface area contributed by atoms with Crippen LogP contribution in [0.4, 0.5) is 4.79 Å². The van der Waals surface area contributed by atoms with Gasteiger partial charge in [0.15, 0.2) is 0 Å². The van der Waals surface area contributed by atoms with Crippen molar-refractivity contribution in [1.29, 1.82) is 0 Å². The van der Waals surface area contributed by atoms with Crippen molar-refractivity contribution >= 4 is 15.4 Å². The molecule has 0 fully saturated rings. The summed E-state index contributed by atoms with van der Waals surface area (Å²) in [6, 6.07) is 0. The zero-order valence-corrected chi connectivity index (χ0v) is 7.63. The summed E-state index contributed by atoms with van der Waals surface area (Å²) in [5.41, 5.74) is 0. The molecule has 0 aliphatic rings. The molecule has 5 nitrogen and oxygen atoms in total. The Kier molecular flexibility index (Phi) is 4.35. The van der Waals surface area contributed by atoms with Crippen LogP contribution in [0.2, 0.25) is 0 Å². The minimum Gasteiger partial charge on any atom is -0.452 e. The lowest BCUT2D eigenvalue weighted by Gasteiger charge is -2.00. The number of rotatable bonds is 3. The quantitative estimate of drug-likeness (QED) is 0.381. The maximum absolute atomic E-state index is 10.7. The number of hydrogen-bond acceptors (Lipinski definition) is 5. The molecule has 0 unspecified atom stereocenters. The van der Waals surface area contributed by atoms with Crippen LogP contribution in [-0.2, 0) is 19.0 Å². The van der Waals surface area contributed by atoms with E-state index in [4.69, 9.17) is 0 Å². The SMILES string of the molecule is CC=COS(=O)(=O)C(=O)OCC. The van der Waals surface area contributed by atoms with Crippen molar-refractivity contribution in [1.82, 2.24) is 0 Å². The zero-order valence-electron chi connectivity index (χ0n) is 6.81. The smallest absolute Gasteiger partial charge is 0.452 e. The number of hydrogen-bond donors (Lipinski definition) is 0. The van der Waals surface area contributed by atoms with Crippen LogP contribution < -0.4 is 0 Å². The Morgan fingerprint density at radius 2 is 2.08 bits per heavy atom. The van der Waals surface area contributed by atoms with Gasteiger partial charge in [0.1, 0.15) is 6.26 Å². The molecular formula is C6H10O5S. The third-order valence-electron chi connectivity index (χ3n) is 0.785. The summed E-state index contributed by atoms with van der Waals surface area (Å²) in [4.78, 5) is 10.6. The van der Waals surface area contributed by atoms with Gasteiger partial charge in [0, 0.05) is 0 Å². The summed E-state index contributed by atoms with van der Waals surface area (Å²) >= 11 is 0. The summed E-state index contributed by atoms with van der Waals surface area (Å²) in [6.07, 6.45) is 2.24. The van der Waals surface area contributed by atoms with E-state index in [1.165, 1.54) is 13.0 Å². The monoisotopic (exact) mass is 194 g/mol. The normalized spacial score (nSPS) is 11.5. The van der Waals surface area contributed by atoms with Gasteiger partial charge in [-0.15, -0.1) is 0 Å². The van der Waals surface area contributed by atoms with Gasteiger partial charge < -0.3 is 8.92 Å². The minimum atomic E-state index is -4.23. The molecule has 0 rings (SSSR count). The van der Waals surface area contributed by atoms with E-state index in [-0.39, 0.29) is 6.61 Å². The van der Waals surface area contributed by atoms with Gasteiger partial charge in [0.05, 0.1) is 6.61 Å². The third kappa shape index (κ3) is 3.38. The fraction of sp³-hybridized carbons (Fsp3) is 0.500. The van der Waals surface area contributed by atoms with Crippen LogP contribution in [-0.4, -0.2) is 20.3 Å². The molecule has 0 aromatic heterocycles. The van der Waals surface area contributed by atoms with E-state index < -0.39 is 15.4 Å². The highest BCUT2D eigenvalue weighted by Crippen LogP contribution is 1.99. The van der Waals surface area contributed by atoms with Gasteiger partial charge in [0.25, 0.3) is 0 Å². The molecule has 0 radical (unpaired) electrons. The maximum Gasteiger partial charge on any atom is 0.463 e. The van der Waals surface area contributed by atoms with Gasteiger partial charge >= 0.3 is 15.4 Å². The minimum absolute atomic E-state index is 0.00272. The first-order valence-electron chi connectivity index (χ1n) is 3.25. The Labute approximate surface area is 71.1 Å². The van der Waals surface area contributed by atoms with E-state index in [0.29, 0.717) is 0 Å². The van der Waals surface area contributed by atoms with E-state index in [0.717, 1.165) is 6.26 Å². The summed E-state index contributed by atoms with van der Waals surface area (Å²) in [7, 11) is -4.23. The molecule has 0 saturated carbocycles. The second-order valence-electron chi connectivity index (χ2n) is 1.70. The largest absolute Gasteiger partial charge is 0.463 e. The second kappa shape index (κ2) is 4.76. The van der Waals surface area contributed by atoms with E-state index in [2.05, 4.69) is 8.92 Å². The number of carbonyl (C=O) groups is 1. The van der Waals surface area contributed by atoms with Crippen molar-refractivity contribution in [2.24, 2.45) is 0 Å². The lowest BCUT2D eigenvalue weighted by atomic mass is 10.8.